The first-order valence-corrected chi connectivity index (χ1v) is 10.8. The van der Waals surface area contributed by atoms with E-state index in [1.165, 1.54) is 12.8 Å². The Morgan fingerprint density at radius 3 is 2.23 bits per heavy atom. The molecular formula is C23H32N2O5. The third-order valence-electron chi connectivity index (χ3n) is 5.08. The first-order chi connectivity index (χ1) is 14.7. The summed E-state index contributed by atoms with van der Waals surface area (Å²) in [6.45, 7) is 9.58. The minimum atomic E-state index is -0.185. The van der Waals surface area contributed by atoms with Crippen molar-refractivity contribution in [2.75, 3.05) is 39.5 Å². The van der Waals surface area contributed by atoms with Gasteiger partial charge in [0.1, 0.15) is 5.76 Å². The second kappa shape index (κ2) is 10.9. The molecule has 3 rings (SSSR count). The number of carbonyl (C=O) groups is 1. The van der Waals surface area contributed by atoms with E-state index in [1.807, 2.05) is 32.9 Å². The average Bonchev–Trinajstić information content (AvgIpc) is 3.45. The summed E-state index contributed by atoms with van der Waals surface area (Å²) in [6.07, 6.45) is 4.01. The average molecular weight is 417 g/mol. The summed E-state index contributed by atoms with van der Waals surface area (Å²) in [5.41, 5.74) is 0.477. The molecule has 1 aromatic carbocycles. The lowest BCUT2D eigenvalue weighted by Gasteiger charge is -2.26. The number of furan rings is 1. The molecule has 1 aliphatic rings. The predicted octanol–water partition coefficient (Wildman–Crippen LogP) is 4.04. The zero-order valence-electron chi connectivity index (χ0n) is 18.1. The van der Waals surface area contributed by atoms with Crippen LogP contribution in [0.1, 0.15) is 55.8 Å². The van der Waals surface area contributed by atoms with Gasteiger partial charge in [0, 0.05) is 12.1 Å². The Labute approximate surface area is 178 Å². The van der Waals surface area contributed by atoms with E-state index in [4.69, 9.17) is 18.6 Å². The van der Waals surface area contributed by atoms with Gasteiger partial charge in [-0.3, -0.25) is 9.69 Å². The zero-order chi connectivity index (χ0) is 21.3. The maximum Gasteiger partial charge on any atom is 0.251 e. The molecule has 0 bridgehead atoms. The van der Waals surface area contributed by atoms with Crippen molar-refractivity contribution < 1.29 is 23.4 Å². The molecule has 164 valence electrons. The Kier molecular flexibility index (Phi) is 8.02. The smallest absolute Gasteiger partial charge is 0.251 e. The Hall–Kier alpha value is -2.67. The van der Waals surface area contributed by atoms with E-state index in [9.17, 15) is 4.79 Å². The third-order valence-corrected chi connectivity index (χ3v) is 5.08. The van der Waals surface area contributed by atoms with Crippen LogP contribution < -0.4 is 19.5 Å². The van der Waals surface area contributed by atoms with Crippen molar-refractivity contribution in [1.82, 2.24) is 10.2 Å². The van der Waals surface area contributed by atoms with Gasteiger partial charge in [0.15, 0.2) is 11.5 Å². The number of benzene rings is 1. The highest BCUT2D eigenvalue weighted by molar-refractivity contribution is 5.95. The van der Waals surface area contributed by atoms with Gasteiger partial charge in [-0.1, -0.05) is 0 Å². The number of ether oxygens (including phenoxy) is 3. The molecule has 2 heterocycles. The first kappa shape index (κ1) is 22.0. The van der Waals surface area contributed by atoms with E-state index < -0.39 is 0 Å². The normalized spacial score (nSPS) is 15.0. The largest absolute Gasteiger partial charge is 0.490 e. The number of amides is 1. The molecule has 7 heteroatoms. The van der Waals surface area contributed by atoms with Gasteiger partial charge in [-0.15, -0.1) is 0 Å². The van der Waals surface area contributed by atoms with Crippen molar-refractivity contribution in [3.63, 3.8) is 0 Å². The van der Waals surface area contributed by atoms with Crippen molar-refractivity contribution in [3.05, 3.63) is 41.9 Å². The minimum Gasteiger partial charge on any atom is -0.490 e. The second-order valence-corrected chi connectivity index (χ2v) is 7.08. The predicted molar refractivity (Wildman–Crippen MR) is 115 cm³/mol. The Bertz CT molecular complexity index is 773. The van der Waals surface area contributed by atoms with Crippen molar-refractivity contribution in [2.45, 2.75) is 39.7 Å². The van der Waals surface area contributed by atoms with Crippen LogP contribution in [0.2, 0.25) is 0 Å². The molecule has 1 fully saturated rings. The van der Waals surface area contributed by atoms with Gasteiger partial charge < -0.3 is 23.9 Å². The lowest BCUT2D eigenvalue weighted by atomic mass is 10.1. The second-order valence-electron chi connectivity index (χ2n) is 7.08. The zero-order valence-corrected chi connectivity index (χ0v) is 18.1. The molecule has 1 aromatic heterocycles. The maximum atomic E-state index is 13.0. The Morgan fingerprint density at radius 2 is 1.70 bits per heavy atom. The van der Waals surface area contributed by atoms with Gasteiger partial charge in [0.25, 0.3) is 5.91 Å². The number of hydrogen-bond acceptors (Lipinski definition) is 6. The van der Waals surface area contributed by atoms with Crippen LogP contribution in [0.3, 0.4) is 0 Å². The van der Waals surface area contributed by atoms with Crippen LogP contribution in [0.4, 0.5) is 0 Å². The highest BCUT2D eigenvalue weighted by atomic mass is 16.5. The van der Waals surface area contributed by atoms with Gasteiger partial charge in [0.05, 0.1) is 32.1 Å². The molecule has 1 amide bonds. The summed E-state index contributed by atoms with van der Waals surface area (Å²) >= 11 is 0. The van der Waals surface area contributed by atoms with Crippen LogP contribution in [0.5, 0.6) is 17.2 Å². The van der Waals surface area contributed by atoms with E-state index in [-0.39, 0.29) is 11.9 Å². The fourth-order valence-electron chi connectivity index (χ4n) is 3.75. The van der Waals surface area contributed by atoms with Crippen LogP contribution in [0.15, 0.2) is 34.9 Å². The van der Waals surface area contributed by atoms with E-state index in [0.29, 0.717) is 49.2 Å². The van der Waals surface area contributed by atoms with Crippen LogP contribution in [0, 0.1) is 0 Å². The van der Waals surface area contributed by atoms with Crippen molar-refractivity contribution in [2.24, 2.45) is 0 Å². The van der Waals surface area contributed by atoms with Crippen LogP contribution >= 0.6 is 0 Å². The van der Waals surface area contributed by atoms with Gasteiger partial charge in [-0.05, 0) is 71.0 Å². The Balaban J connectivity index is 1.79. The fourth-order valence-corrected chi connectivity index (χ4v) is 3.75. The highest BCUT2D eigenvalue weighted by Crippen LogP contribution is 2.39. The van der Waals surface area contributed by atoms with Crippen LogP contribution in [0.25, 0.3) is 0 Å². The number of nitrogens with zero attached hydrogens (tertiary/aromatic N) is 1. The topological polar surface area (TPSA) is 73.2 Å². The summed E-state index contributed by atoms with van der Waals surface area (Å²) in [7, 11) is 0. The van der Waals surface area contributed by atoms with Gasteiger partial charge in [-0.2, -0.15) is 0 Å². The molecule has 30 heavy (non-hydrogen) atoms. The molecule has 0 spiro atoms. The molecule has 1 N–H and O–H groups in total. The highest BCUT2D eigenvalue weighted by Gasteiger charge is 2.26. The molecule has 1 atom stereocenters. The van der Waals surface area contributed by atoms with E-state index >= 15 is 0 Å². The van der Waals surface area contributed by atoms with Crippen LogP contribution in [-0.2, 0) is 0 Å². The van der Waals surface area contributed by atoms with Crippen molar-refractivity contribution in [1.29, 1.82) is 0 Å². The number of rotatable bonds is 11. The van der Waals surface area contributed by atoms with E-state index in [0.717, 1.165) is 18.8 Å². The summed E-state index contributed by atoms with van der Waals surface area (Å²) in [5.74, 6) is 2.24. The SMILES string of the molecule is CCOc1cc(C(=O)NC[C@H](c2ccco2)N2CCCC2)cc(OCC)c1OCC. The van der Waals surface area contributed by atoms with Crippen LogP contribution in [-0.4, -0.2) is 50.3 Å². The van der Waals surface area contributed by atoms with Crippen molar-refractivity contribution in [3.8, 4) is 17.2 Å². The first-order valence-electron chi connectivity index (χ1n) is 10.8. The summed E-state index contributed by atoms with van der Waals surface area (Å²) in [5, 5.41) is 3.06. The number of hydrogen-bond donors (Lipinski definition) is 1. The summed E-state index contributed by atoms with van der Waals surface area (Å²) < 4.78 is 22.8. The molecule has 7 nitrogen and oxygen atoms in total. The lowest BCUT2D eigenvalue weighted by molar-refractivity contribution is 0.0932. The van der Waals surface area contributed by atoms with E-state index in [2.05, 4.69) is 10.2 Å². The van der Waals surface area contributed by atoms with E-state index in [1.54, 1.807) is 18.4 Å². The molecule has 1 saturated heterocycles. The molecule has 2 aromatic rings. The number of carbonyl (C=O) groups excluding carboxylic acids is 1. The molecule has 0 radical (unpaired) electrons. The monoisotopic (exact) mass is 416 g/mol. The fraction of sp³-hybridized carbons (Fsp3) is 0.522. The number of nitrogens with one attached hydrogen (secondary N) is 1. The molecular weight excluding hydrogens is 384 g/mol. The minimum absolute atomic E-state index is 0.0203. The summed E-state index contributed by atoms with van der Waals surface area (Å²) in [4.78, 5) is 15.4. The molecule has 0 unspecified atom stereocenters. The summed E-state index contributed by atoms with van der Waals surface area (Å²) in [6, 6.07) is 7.29. The third kappa shape index (κ3) is 5.27. The molecule has 0 aliphatic carbocycles. The van der Waals surface area contributed by atoms with Gasteiger partial charge in [0.2, 0.25) is 5.75 Å². The standard InChI is InChI=1S/C23H32N2O5/c1-4-27-20-14-17(15-21(28-5-2)22(20)29-6-3)23(26)24-16-18(19-10-9-13-30-19)25-11-7-8-12-25/h9-10,13-15,18H,4-8,11-12,16H2,1-3H3,(H,24,26)/t18-/m1/s1. The number of likely N-dealkylation sites (tertiary alicyclic amines) is 1. The quantitative estimate of drug-likeness (QED) is 0.596. The Morgan fingerprint density at radius 1 is 1.07 bits per heavy atom. The molecule has 0 saturated carbocycles. The lowest BCUT2D eigenvalue weighted by Crippen LogP contribution is -2.36. The van der Waals surface area contributed by atoms with Gasteiger partial charge >= 0.3 is 0 Å². The molecule has 1 aliphatic heterocycles. The van der Waals surface area contributed by atoms with Gasteiger partial charge in [-0.25, -0.2) is 0 Å². The maximum absolute atomic E-state index is 13.0. The van der Waals surface area contributed by atoms with Crippen molar-refractivity contribution >= 4 is 5.91 Å².